The normalized spacial score (nSPS) is 15.0. The number of rotatable bonds is 5. The van der Waals surface area contributed by atoms with Gasteiger partial charge in [-0.3, -0.25) is 4.79 Å². The molecule has 18 heavy (non-hydrogen) atoms. The highest BCUT2D eigenvalue weighted by atomic mass is 79.9. The molecule has 1 aromatic rings. The molecule has 0 atom stereocenters. The second kappa shape index (κ2) is 5.61. The molecule has 0 unspecified atom stereocenters. The number of benzene rings is 1. The Labute approximate surface area is 114 Å². The van der Waals surface area contributed by atoms with Gasteiger partial charge >= 0.3 is 5.97 Å². The van der Waals surface area contributed by atoms with Gasteiger partial charge in [-0.15, -0.1) is 0 Å². The summed E-state index contributed by atoms with van der Waals surface area (Å²) in [5.41, 5.74) is 0.692. The fourth-order valence-electron chi connectivity index (χ4n) is 1.80. The van der Waals surface area contributed by atoms with Gasteiger partial charge in [-0.05, 0) is 37.0 Å². The summed E-state index contributed by atoms with van der Waals surface area (Å²) in [6, 6.07) is 3.50. The van der Waals surface area contributed by atoms with Crippen molar-refractivity contribution < 1.29 is 19.4 Å². The molecule has 1 fully saturated rings. The van der Waals surface area contributed by atoms with Crippen LogP contribution in [-0.4, -0.2) is 24.3 Å². The third-order valence-corrected chi connectivity index (χ3v) is 3.76. The Balaban J connectivity index is 2.25. The molecule has 1 saturated carbocycles. The zero-order chi connectivity index (χ0) is 13.1. The third kappa shape index (κ3) is 2.96. The topological polar surface area (TPSA) is 55.8 Å². The largest absolute Gasteiger partial charge is 0.493 e. The number of hydrogen-bond donors (Lipinski definition) is 1. The van der Waals surface area contributed by atoms with Crippen LogP contribution in [0.3, 0.4) is 0 Å². The molecular formula is C13H15BrO4. The first-order valence-corrected chi connectivity index (χ1v) is 6.64. The third-order valence-electron chi connectivity index (χ3n) is 3.02. The van der Waals surface area contributed by atoms with Crippen LogP contribution in [0.4, 0.5) is 0 Å². The lowest BCUT2D eigenvalue weighted by atomic mass is 9.96. The van der Waals surface area contributed by atoms with Crippen LogP contribution in [0.2, 0.25) is 0 Å². The number of carbonyl (C=O) groups is 1. The Morgan fingerprint density at radius 1 is 1.44 bits per heavy atom. The van der Waals surface area contributed by atoms with Crippen LogP contribution >= 0.6 is 15.9 Å². The van der Waals surface area contributed by atoms with Crippen molar-refractivity contribution in [3.05, 3.63) is 22.2 Å². The highest BCUT2D eigenvalue weighted by molar-refractivity contribution is 9.10. The summed E-state index contributed by atoms with van der Waals surface area (Å²) in [7, 11) is 1.58. The van der Waals surface area contributed by atoms with Crippen molar-refractivity contribution in [1.82, 2.24) is 0 Å². The quantitative estimate of drug-likeness (QED) is 0.907. The molecule has 1 aromatic carbocycles. The molecule has 0 aliphatic heterocycles. The zero-order valence-electron chi connectivity index (χ0n) is 10.1. The van der Waals surface area contributed by atoms with Crippen LogP contribution in [0.15, 0.2) is 16.6 Å². The first-order valence-electron chi connectivity index (χ1n) is 5.85. The lowest BCUT2D eigenvalue weighted by Crippen LogP contribution is -2.24. The molecule has 0 heterocycles. The summed E-state index contributed by atoms with van der Waals surface area (Å²) >= 11 is 3.35. The first kappa shape index (κ1) is 13.2. The van der Waals surface area contributed by atoms with Crippen molar-refractivity contribution in [2.24, 2.45) is 0 Å². The van der Waals surface area contributed by atoms with Gasteiger partial charge in [-0.1, -0.05) is 15.9 Å². The van der Waals surface area contributed by atoms with E-state index in [1.54, 1.807) is 19.2 Å². The molecular weight excluding hydrogens is 300 g/mol. The predicted molar refractivity (Wildman–Crippen MR) is 70.3 cm³/mol. The summed E-state index contributed by atoms with van der Waals surface area (Å²) < 4.78 is 11.8. The Hall–Kier alpha value is -1.23. The van der Waals surface area contributed by atoms with Crippen LogP contribution < -0.4 is 9.47 Å². The van der Waals surface area contributed by atoms with Gasteiger partial charge in [0.15, 0.2) is 11.5 Å². The highest BCUT2D eigenvalue weighted by Crippen LogP contribution is 2.36. The number of carboxylic acid groups (broad SMARTS) is 1. The summed E-state index contributed by atoms with van der Waals surface area (Å²) in [6.07, 6.45) is 3.48. The molecule has 0 amide bonds. The number of ether oxygens (including phenoxy) is 2. The lowest BCUT2D eigenvalue weighted by Gasteiger charge is -2.27. The maximum atomic E-state index is 10.8. The minimum absolute atomic E-state index is 0.0361. The fraction of sp³-hybridized carbons (Fsp3) is 0.462. The highest BCUT2D eigenvalue weighted by Gasteiger charge is 2.22. The van der Waals surface area contributed by atoms with Crippen LogP contribution in [0.25, 0.3) is 0 Å². The number of methoxy groups -OCH3 is 1. The number of hydrogen-bond acceptors (Lipinski definition) is 3. The van der Waals surface area contributed by atoms with E-state index in [2.05, 4.69) is 15.9 Å². The molecule has 98 valence electrons. The zero-order valence-corrected chi connectivity index (χ0v) is 11.7. The van der Waals surface area contributed by atoms with Gasteiger partial charge in [0, 0.05) is 4.47 Å². The summed E-state index contributed by atoms with van der Waals surface area (Å²) in [6.45, 7) is 0. The number of halogens is 1. The van der Waals surface area contributed by atoms with E-state index in [0.717, 1.165) is 17.3 Å². The van der Waals surface area contributed by atoms with Crippen molar-refractivity contribution in [3.8, 4) is 11.5 Å². The van der Waals surface area contributed by atoms with Crippen molar-refractivity contribution in [3.63, 3.8) is 0 Å². The van der Waals surface area contributed by atoms with Crippen molar-refractivity contribution in [2.75, 3.05) is 7.11 Å². The van der Waals surface area contributed by atoms with E-state index in [4.69, 9.17) is 14.6 Å². The van der Waals surface area contributed by atoms with Crippen LogP contribution in [0.1, 0.15) is 24.8 Å². The van der Waals surface area contributed by atoms with Crippen molar-refractivity contribution in [1.29, 1.82) is 0 Å². The maximum Gasteiger partial charge on any atom is 0.307 e. The summed E-state index contributed by atoms with van der Waals surface area (Å²) in [4.78, 5) is 10.8. The van der Waals surface area contributed by atoms with Gasteiger partial charge < -0.3 is 14.6 Å². The van der Waals surface area contributed by atoms with Crippen molar-refractivity contribution >= 4 is 21.9 Å². The molecule has 5 heteroatoms. The van der Waals surface area contributed by atoms with Gasteiger partial charge in [-0.25, -0.2) is 0 Å². The average molecular weight is 315 g/mol. The molecule has 4 nitrogen and oxygen atoms in total. The molecule has 1 N–H and O–H groups in total. The van der Waals surface area contributed by atoms with E-state index < -0.39 is 5.97 Å². The Morgan fingerprint density at radius 2 is 2.17 bits per heavy atom. The minimum Gasteiger partial charge on any atom is -0.493 e. The molecule has 1 aliphatic carbocycles. The Bertz CT molecular complexity index is 455. The smallest absolute Gasteiger partial charge is 0.307 e. The average Bonchev–Trinajstić information content (AvgIpc) is 2.26. The molecule has 0 saturated heterocycles. The van der Waals surface area contributed by atoms with Gasteiger partial charge in [-0.2, -0.15) is 0 Å². The maximum absolute atomic E-state index is 10.8. The van der Waals surface area contributed by atoms with Gasteiger partial charge in [0.25, 0.3) is 0 Å². The van der Waals surface area contributed by atoms with Crippen LogP contribution in [0.5, 0.6) is 11.5 Å². The molecule has 2 rings (SSSR count). The van der Waals surface area contributed by atoms with Gasteiger partial charge in [0.2, 0.25) is 0 Å². The van der Waals surface area contributed by atoms with E-state index in [0.29, 0.717) is 17.1 Å². The van der Waals surface area contributed by atoms with Crippen LogP contribution in [0, 0.1) is 0 Å². The monoisotopic (exact) mass is 314 g/mol. The van der Waals surface area contributed by atoms with E-state index in [1.807, 2.05) is 0 Å². The number of aliphatic carboxylic acids is 1. The molecule has 0 radical (unpaired) electrons. The molecule has 0 spiro atoms. The van der Waals surface area contributed by atoms with Crippen LogP contribution in [-0.2, 0) is 11.2 Å². The second-order valence-electron chi connectivity index (χ2n) is 4.34. The SMILES string of the molecule is COc1cc(Br)c(CC(=O)O)cc1OC1CCC1. The predicted octanol–water partition coefficient (Wildman–Crippen LogP) is 3.02. The Morgan fingerprint density at radius 3 is 2.67 bits per heavy atom. The molecule has 0 aromatic heterocycles. The first-order chi connectivity index (χ1) is 8.60. The second-order valence-corrected chi connectivity index (χ2v) is 5.19. The Kier molecular flexibility index (Phi) is 4.11. The number of carboxylic acids is 1. The van der Waals surface area contributed by atoms with Crippen molar-refractivity contribution in [2.45, 2.75) is 31.8 Å². The summed E-state index contributed by atoms with van der Waals surface area (Å²) in [5, 5.41) is 8.86. The summed E-state index contributed by atoms with van der Waals surface area (Å²) in [5.74, 6) is 0.389. The van der Waals surface area contributed by atoms with Gasteiger partial charge in [0.1, 0.15) is 0 Å². The van der Waals surface area contributed by atoms with E-state index in [1.165, 1.54) is 6.42 Å². The lowest BCUT2D eigenvalue weighted by molar-refractivity contribution is -0.136. The van der Waals surface area contributed by atoms with E-state index >= 15 is 0 Å². The molecule has 0 bridgehead atoms. The standard InChI is InChI=1S/C13H15BrO4/c1-17-11-7-10(14)8(6-13(15)16)5-12(11)18-9-3-2-4-9/h5,7,9H,2-4,6H2,1H3,(H,15,16). The van der Waals surface area contributed by atoms with E-state index in [9.17, 15) is 4.79 Å². The molecule has 1 aliphatic rings. The van der Waals surface area contributed by atoms with Gasteiger partial charge in [0.05, 0.1) is 19.6 Å². The van der Waals surface area contributed by atoms with E-state index in [-0.39, 0.29) is 12.5 Å². The fourth-order valence-corrected chi connectivity index (χ4v) is 2.26. The minimum atomic E-state index is -0.865.